The summed E-state index contributed by atoms with van der Waals surface area (Å²) in [5.41, 5.74) is -1.27. The average Bonchev–Trinajstić information content (AvgIpc) is 3.19. The molecule has 0 aromatic rings. The van der Waals surface area contributed by atoms with Crippen LogP contribution in [0.2, 0.25) is 0 Å². The number of hydrogen-bond donors (Lipinski definition) is 0. The summed E-state index contributed by atoms with van der Waals surface area (Å²) in [6, 6.07) is 0. The Morgan fingerprint density at radius 2 is 0.576 bits per heavy atom. The molecule has 9 nitrogen and oxygen atoms in total. The fraction of sp³-hybridized carbons (Fsp3) is 1.00. The third kappa shape index (κ3) is 14.3. The zero-order valence-corrected chi connectivity index (χ0v) is 39.8. The highest BCUT2D eigenvalue weighted by Crippen LogP contribution is 2.53. The summed E-state index contributed by atoms with van der Waals surface area (Å²) < 4.78 is 60.1. The van der Waals surface area contributed by atoms with E-state index in [2.05, 4.69) is 55.4 Å². The number of rotatable bonds is 38. The molecule has 4 heterocycles. The summed E-state index contributed by atoms with van der Waals surface area (Å²) in [4.78, 5) is 0. The first-order chi connectivity index (χ1) is 28.8. The molecule has 9 heteroatoms. The molecular formula is C50H94O9. The van der Waals surface area contributed by atoms with Crippen LogP contribution in [0.15, 0.2) is 0 Å². The van der Waals surface area contributed by atoms with E-state index in [9.17, 15) is 0 Å². The summed E-state index contributed by atoms with van der Waals surface area (Å²) in [6.45, 7) is 28.7. The lowest BCUT2D eigenvalue weighted by Crippen LogP contribution is -2.73. The SMILES string of the molecule is CCCCC(CC)COCC1(C(OC(C2(COCC(CC)CCCC)COC2)C2(COCC(CC)CCCC)COC2)C2(COCC(CC)CCCC)COC2)COC1. The van der Waals surface area contributed by atoms with Crippen LogP contribution in [0.3, 0.4) is 0 Å². The maximum absolute atomic E-state index is 8.03. The van der Waals surface area contributed by atoms with Crippen molar-refractivity contribution in [1.29, 1.82) is 0 Å². The smallest absolute Gasteiger partial charge is 0.0825 e. The lowest BCUT2D eigenvalue weighted by Gasteiger charge is -2.62. The number of hydrogen-bond acceptors (Lipinski definition) is 9. The van der Waals surface area contributed by atoms with Gasteiger partial charge in [-0.1, -0.05) is 132 Å². The fourth-order valence-corrected chi connectivity index (χ4v) is 10.0. The largest absolute Gasteiger partial charge is 0.380 e. The van der Waals surface area contributed by atoms with E-state index < -0.39 is 0 Å². The van der Waals surface area contributed by atoms with Crippen LogP contribution < -0.4 is 0 Å². The standard InChI is InChI=1S/C50H94O9/c1-9-17-21-41(13-5)25-51-29-47(33-55-34-47)45(48(35-56-36-48)30-52-26-42(14-6)22-18-10-2)59-46(49(37-57-38-49)31-53-27-43(15-7)23-19-11-3)50(39-58-40-50)32-54-28-44(16-8)24-20-12-4/h41-46H,9-40H2,1-8H3. The molecule has 0 radical (unpaired) electrons. The molecule has 4 unspecified atom stereocenters. The van der Waals surface area contributed by atoms with Crippen LogP contribution >= 0.6 is 0 Å². The molecule has 4 atom stereocenters. The fourth-order valence-electron chi connectivity index (χ4n) is 10.0. The third-order valence-corrected chi connectivity index (χ3v) is 14.8. The Balaban J connectivity index is 1.68. The van der Waals surface area contributed by atoms with E-state index in [4.69, 9.17) is 42.6 Å². The lowest BCUT2D eigenvalue weighted by atomic mass is 9.63. The molecule has 0 N–H and O–H groups in total. The molecule has 0 aliphatic carbocycles. The Hall–Kier alpha value is -0.360. The monoisotopic (exact) mass is 839 g/mol. The first kappa shape index (κ1) is 51.3. The van der Waals surface area contributed by atoms with Crippen molar-refractivity contribution in [3.8, 4) is 0 Å². The molecular weight excluding hydrogens is 745 g/mol. The van der Waals surface area contributed by atoms with Crippen molar-refractivity contribution in [3.63, 3.8) is 0 Å². The van der Waals surface area contributed by atoms with Crippen LogP contribution in [-0.2, 0) is 42.6 Å². The van der Waals surface area contributed by atoms with Gasteiger partial charge in [-0.15, -0.1) is 0 Å². The van der Waals surface area contributed by atoms with Crippen molar-refractivity contribution in [2.24, 2.45) is 45.3 Å². The minimum absolute atomic E-state index is 0.204. The molecule has 4 aliphatic heterocycles. The predicted octanol–water partition coefficient (Wildman–Crippen LogP) is 10.7. The Kier molecular flexibility index (Phi) is 23.5. The van der Waals surface area contributed by atoms with Crippen LogP contribution in [0.4, 0.5) is 0 Å². The van der Waals surface area contributed by atoms with Gasteiger partial charge >= 0.3 is 0 Å². The summed E-state index contributed by atoms with van der Waals surface area (Å²) in [5, 5.41) is 0. The molecule has 4 fully saturated rings. The van der Waals surface area contributed by atoms with Crippen LogP contribution in [0.1, 0.15) is 158 Å². The van der Waals surface area contributed by atoms with Gasteiger partial charge in [0.15, 0.2) is 0 Å². The zero-order valence-electron chi connectivity index (χ0n) is 39.8. The van der Waals surface area contributed by atoms with E-state index in [0.29, 0.717) is 103 Å². The highest BCUT2D eigenvalue weighted by atomic mass is 16.6. The van der Waals surface area contributed by atoms with Crippen molar-refractivity contribution in [2.75, 3.05) is 106 Å². The third-order valence-electron chi connectivity index (χ3n) is 14.8. The van der Waals surface area contributed by atoms with Crippen molar-refractivity contribution in [3.05, 3.63) is 0 Å². The molecule has 4 saturated heterocycles. The van der Waals surface area contributed by atoms with E-state index in [0.717, 1.165) is 52.1 Å². The molecule has 0 aromatic carbocycles. The molecule has 4 aliphatic rings. The molecule has 59 heavy (non-hydrogen) atoms. The van der Waals surface area contributed by atoms with Gasteiger partial charge in [0.1, 0.15) is 0 Å². The Labute approximate surface area is 363 Å². The summed E-state index contributed by atoms with van der Waals surface area (Å²) in [6.07, 6.45) is 18.8. The quantitative estimate of drug-likeness (QED) is 0.0604. The first-order valence-electron chi connectivity index (χ1n) is 25.0. The van der Waals surface area contributed by atoms with E-state index in [1.807, 2.05) is 0 Å². The molecule has 0 spiro atoms. The lowest BCUT2D eigenvalue weighted by molar-refractivity contribution is -0.358. The zero-order chi connectivity index (χ0) is 42.5. The second-order valence-electron chi connectivity index (χ2n) is 20.0. The maximum Gasteiger partial charge on any atom is 0.0825 e. The van der Waals surface area contributed by atoms with Crippen molar-refractivity contribution in [2.45, 2.75) is 170 Å². The molecule has 0 bridgehead atoms. The van der Waals surface area contributed by atoms with Crippen molar-refractivity contribution >= 4 is 0 Å². The number of unbranched alkanes of at least 4 members (excludes halogenated alkanes) is 4. The van der Waals surface area contributed by atoms with Gasteiger partial charge in [-0.3, -0.25) is 0 Å². The molecule has 348 valence electrons. The summed E-state index contributed by atoms with van der Waals surface area (Å²) in [5.74, 6) is 2.25. The van der Waals surface area contributed by atoms with Gasteiger partial charge in [0, 0.05) is 26.4 Å². The van der Waals surface area contributed by atoms with Gasteiger partial charge < -0.3 is 42.6 Å². The molecule has 0 amide bonds. The Morgan fingerprint density at radius 1 is 0.356 bits per heavy atom. The first-order valence-corrected chi connectivity index (χ1v) is 25.0. The van der Waals surface area contributed by atoms with Crippen molar-refractivity contribution < 1.29 is 42.6 Å². The van der Waals surface area contributed by atoms with Crippen LogP contribution in [0.25, 0.3) is 0 Å². The van der Waals surface area contributed by atoms with Crippen LogP contribution in [-0.4, -0.2) is 118 Å². The minimum Gasteiger partial charge on any atom is -0.380 e. The van der Waals surface area contributed by atoms with E-state index in [1.54, 1.807) is 0 Å². The Bertz CT molecular complexity index is 909. The molecule has 4 rings (SSSR count). The van der Waals surface area contributed by atoms with E-state index >= 15 is 0 Å². The number of ether oxygens (including phenoxy) is 9. The highest BCUT2D eigenvalue weighted by Gasteiger charge is 2.66. The minimum atomic E-state index is -0.318. The van der Waals surface area contributed by atoms with Crippen LogP contribution in [0, 0.1) is 45.3 Å². The Morgan fingerprint density at radius 3 is 0.729 bits per heavy atom. The predicted molar refractivity (Wildman–Crippen MR) is 238 cm³/mol. The van der Waals surface area contributed by atoms with Gasteiger partial charge in [-0.2, -0.15) is 0 Å². The highest BCUT2D eigenvalue weighted by molar-refractivity contribution is 5.11. The topological polar surface area (TPSA) is 83.1 Å². The van der Waals surface area contributed by atoms with Gasteiger partial charge in [0.05, 0.1) is 113 Å². The van der Waals surface area contributed by atoms with E-state index in [1.165, 1.54) is 77.0 Å². The second kappa shape index (κ2) is 27.1. The van der Waals surface area contributed by atoms with Gasteiger partial charge in [0.25, 0.3) is 0 Å². The maximum atomic E-state index is 8.03. The van der Waals surface area contributed by atoms with Gasteiger partial charge in [-0.25, -0.2) is 0 Å². The molecule has 0 aromatic heterocycles. The summed E-state index contributed by atoms with van der Waals surface area (Å²) in [7, 11) is 0. The molecule has 0 saturated carbocycles. The van der Waals surface area contributed by atoms with Crippen LogP contribution in [0.5, 0.6) is 0 Å². The van der Waals surface area contributed by atoms with Crippen molar-refractivity contribution in [1.82, 2.24) is 0 Å². The normalized spacial score (nSPS) is 23.2. The van der Waals surface area contributed by atoms with E-state index in [-0.39, 0.29) is 33.9 Å². The van der Waals surface area contributed by atoms with Gasteiger partial charge in [-0.05, 0) is 49.4 Å². The second-order valence-corrected chi connectivity index (χ2v) is 20.0. The van der Waals surface area contributed by atoms with Gasteiger partial charge in [0.2, 0.25) is 0 Å². The average molecular weight is 839 g/mol. The summed E-state index contributed by atoms with van der Waals surface area (Å²) >= 11 is 0.